The van der Waals surface area contributed by atoms with E-state index < -0.39 is 5.60 Å². The molecule has 0 unspecified atom stereocenters. The molecule has 2 aromatic carbocycles. The quantitative estimate of drug-likeness (QED) is 0.614. The maximum Gasteiger partial charge on any atom is 0.0772 e. The molecule has 0 amide bonds. The molecule has 1 nitrogen and oxygen atoms in total. The second-order valence-corrected chi connectivity index (χ2v) is 8.36. The Balaban J connectivity index is 1.50. The van der Waals surface area contributed by atoms with Crippen LogP contribution in [0.15, 0.2) is 81.9 Å². The van der Waals surface area contributed by atoms with Crippen molar-refractivity contribution >= 4 is 23.5 Å². The van der Waals surface area contributed by atoms with E-state index in [9.17, 15) is 5.11 Å². The minimum Gasteiger partial charge on any atom is -0.389 e. The molecule has 0 aliphatic heterocycles. The fraction of sp³-hybridized carbons (Fsp3) is 0.333. The summed E-state index contributed by atoms with van der Waals surface area (Å²) in [4.78, 5) is 2.50. The number of benzene rings is 2. The maximum absolute atomic E-state index is 11.1. The minimum absolute atomic E-state index is 0.376. The summed E-state index contributed by atoms with van der Waals surface area (Å²) in [6.45, 7) is 0. The summed E-state index contributed by atoms with van der Waals surface area (Å²) in [7, 11) is 0. The van der Waals surface area contributed by atoms with Gasteiger partial charge >= 0.3 is 0 Å². The average Bonchev–Trinajstić information content (AvgIpc) is 3.00. The molecule has 0 heterocycles. The van der Waals surface area contributed by atoms with Crippen molar-refractivity contribution in [3.63, 3.8) is 0 Å². The highest BCUT2D eigenvalue weighted by Crippen LogP contribution is 2.41. The molecule has 2 aromatic rings. The van der Waals surface area contributed by atoms with E-state index in [1.54, 1.807) is 23.5 Å². The largest absolute Gasteiger partial charge is 0.389 e. The van der Waals surface area contributed by atoms with Crippen LogP contribution in [-0.4, -0.2) is 16.5 Å². The topological polar surface area (TPSA) is 20.2 Å². The second kappa shape index (κ2) is 8.80. The zero-order chi connectivity index (χ0) is 16.7. The van der Waals surface area contributed by atoms with Crippen molar-refractivity contribution in [2.24, 2.45) is 5.92 Å². The van der Waals surface area contributed by atoms with Gasteiger partial charge in [0.2, 0.25) is 0 Å². The third kappa shape index (κ3) is 4.92. The highest BCUT2D eigenvalue weighted by atomic mass is 32.2. The van der Waals surface area contributed by atoms with Gasteiger partial charge in [0, 0.05) is 15.5 Å². The van der Waals surface area contributed by atoms with Crippen molar-refractivity contribution in [2.45, 2.75) is 41.1 Å². The molecule has 1 fully saturated rings. The van der Waals surface area contributed by atoms with Crippen LogP contribution in [0.3, 0.4) is 0 Å². The van der Waals surface area contributed by atoms with E-state index in [2.05, 4.69) is 60.0 Å². The Morgan fingerprint density at radius 2 is 1.67 bits per heavy atom. The first-order chi connectivity index (χ1) is 11.8. The van der Waals surface area contributed by atoms with Crippen molar-refractivity contribution in [1.29, 1.82) is 0 Å². The lowest BCUT2D eigenvalue weighted by Gasteiger charge is -2.29. The van der Waals surface area contributed by atoms with E-state index in [1.807, 2.05) is 12.1 Å². The number of hydrogen-bond donors (Lipinski definition) is 1. The minimum atomic E-state index is -0.526. The lowest BCUT2D eigenvalue weighted by molar-refractivity contribution is 0.0273. The van der Waals surface area contributed by atoms with Crippen LogP contribution >= 0.6 is 23.5 Å². The van der Waals surface area contributed by atoms with Crippen LogP contribution in [0.25, 0.3) is 0 Å². The normalized spacial score (nSPS) is 23.8. The summed E-state index contributed by atoms with van der Waals surface area (Å²) in [5, 5.41) is 13.2. The Hall–Kier alpha value is -1.16. The van der Waals surface area contributed by atoms with Crippen molar-refractivity contribution < 1.29 is 5.11 Å². The SMILES string of the molecule is O[C@]1(CSc2ccccc2)CCC[C@@H]1C/C=C/Sc1ccccc1. The van der Waals surface area contributed by atoms with Gasteiger partial charge < -0.3 is 5.11 Å². The van der Waals surface area contributed by atoms with E-state index in [-0.39, 0.29) is 0 Å². The molecule has 1 N–H and O–H groups in total. The van der Waals surface area contributed by atoms with Gasteiger partial charge in [0.1, 0.15) is 0 Å². The summed E-state index contributed by atoms with van der Waals surface area (Å²) in [6, 6.07) is 20.8. The molecule has 0 radical (unpaired) electrons. The Labute approximate surface area is 153 Å². The third-order valence-electron chi connectivity index (χ3n) is 4.62. The Morgan fingerprint density at radius 3 is 2.38 bits per heavy atom. The lowest BCUT2D eigenvalue weighted by Crippen LogP contribution is -2.35. The number of aliphatic hydroxyl groups is 1. The molecule has 3 heteroatoms. The number of allylic oxidation sites excluding steroid dienone is 1. The molecule has 0 bridgehead atoms. The average molecular weight is 357 g/mol. The van der Waals surface area contributed by atoms with Crippen LogP contribution in [-0.2, 0) is 0 Å². The van der Waals surface area contributed by atoms with Gasteiger partial charge in [-0.05, 0) is 54.9 Å². The van der Waals surface area contributed by atoms with E-state index in [1.165, 1.54) is 9.79 Å². The van der Waals surface area contributed by atoms with Gasteiger partial charge in [0.05, 0.1) is 5.60 Å². The van der Waals surface area contributed by atoms with E-state index in [0.29, 0.717) is 5.92 Å². The summed E-state index contributed by atoms with van der Waals surface area (Å²) in [5.41, 5.74) is -0.526. The van der Waals surface area contributed by atoms with Crippen molar-refractivity contribution in [2.75, 3.05) is 5.75 Å². The molecule has 3 rings (SSSR count). The van der Waals surface area contributed by atoms with Crippen molar-refractivity contribution in [3.8, 4) is 0 Å². The number of thioether (sulfide) groups is 2. The molecule has 0 aromatic heterocycles. The molecule has 0 saturated heterocycles. The van der Waals surface area contributed by atoms with Gasteiger partial charge in [0.15, 0.2) is 0 Å². The monoisotopic (exact) mass is 356 g/mol. The molecule has 1 aliphatic rings. The zero-order valence-electron chi connectivity index (χ0n) is 13.8. The third-order valence-corrected chi connectivity index (χ3v) is 6.74. The fourth-order valence-corrected chi connectivity index (χ4v) is 5.05. The first kappa shape index (κ1) is 17.7. The molecule has 0 spiro atoms. The predicted octanol–water partition coefficient (Wildman–Crippen LogP) is 6.01. The van der Waals surface area contributed by atoms with Gasteiger partial charge in [-0.1, -0.05) is 60.7 Å². The molecule has 1 saturated carbocycles. The first-order valence-corrected chi connectivity index (χ1v) is 10.4. The van der Waals surface area contributed by atoms with E-state index >= 15 is 0 Å². The zero-order valence-corrected chi connectivity index (χ0v) is 15.4. The number of rotatable bonds is 7. The Bertz CT molecular complexity index is 641. The molecule has 126 valence electrons. The predicted molar refractivity (Wildman–Crippen MR) is 106 cm³/mol. The van der Waals surface area contributed by atoms with Gasteiger partial charge in [-0.15, -0.1) is 11.8 Å². The summed E-state index contributed by atoms with van der Waals surface area (Å²) in [5.74, 6) is 1.17. The Morgan fingerprint density at radius 1 is 1.00 bits per heavy atom. The van der Waals surface area contributed by atoms with Gasteiger partial charge in [-0.3, -0.25) is 0 Å². The maximum atomic E-state index is 11.1. The van der Waals surface area contributed by atoms with Crippen LogP contribution in [0.5, 0.6) is 0 Å². The van der Waals surface area contributed by atoms with Gasteiger partial charge in [-0.2, -0.15) is 0 Å². The van der Waals surface area contributed by atoms with Crippen molar-refractivity contribution in [1.82, 2.24) is 0 Å². The second-order valence-electron chi connectivity index (χ2n) is 6.33. The molecular formula is C21H24OS2. The Kier molecular flexibility index (Phi) is 6.47. The molecule has 24 heavy (non-hydrogen) atoms. The van der Waals surface area contributed by atoms with E-state index in [0.717, 1.165) is 31.4 Å². The molecule has 2 atom stereocenters. The first-order valence-electron chi connectivity index (χ1n) is 8.53. The highest BCUT2D eigenvalue weighted by Gasteiger charge is 2.40. The summed E-state index contributed by atoms with van der Waals surface area (Å²) in [6.07, 6.45) is 6.39. The van der Waals surface area contributed by atoms with Gasteiger partial charge in [-0.25, -0.2) is 0 Å². The fourth-order valence-electron chi connectivity index (χ4n) is 3.23. The van der Waals surface area contributed by atoms with Crippen LogP contribution in [0, 0.1) is 5.92 Å². The highest BCUT2D eigenvalue weighted by molar-refractivity contribution is 8.02. The summed E-state index contributed by atoms with van der Waals surface area (Å²) >= 11 is 3.52. The van der Waals surface area contributed by atoms with E-state index in [4.69, 9.17) is 0 Å². The van der Waals surface area contributed by atoms with Crippen LogP contribution in [0.1, 0.15) is 25.7 Å². The number of hydrogen-bond acceptors (Lipinski definition) is 3. The summed E-state index contributed by atoms with van der Waals surface area (Å²) < 4.78 is 0. The van der Waals surface area contributed by atoms with Gasteiger partial charge in [0.25, 0.3) is 0 Å². The lowest BCUT2D eigenvalue weighted by atomic mass is 9.90. The molecule has 1 aliphatic carbocycles. The smallest absolute Gasteiger partial charge is 0.0772 e. The van der Waals surface area contributed by atoms with Crippen LogP contribution in [0.4, 0.5) is 0 Å². The van der Waals surface area contributed by atoms with Crippen LogP contribution in [0.2, 0.25) is 0 Å². The standard InChI is InChI=1S/C21H24OS2/c22-21(17-24-20-13-5-2-6-14-20)15-7-9-18(21)10-8-16-23-19-11-3-1-4-12-19/h1-6,8,11-14,16,18,22H,7,9-10,15,17H2/b16-8+/t18-,21+/m1/s1. The molecular weight excluding hydrogens is 332 g/mol. The van der Waals surface area contributed by atoms with Crippen LogP contribution < -0.4 is 0 Å². The van der Waals surface area contributed by atoms with Crippen molar-refractivity contribution in [3.05, 3.63) is 72.1 Å².